The minimum absolute atomic E-state index is 0.0167. The van der Waals surface area contributed by atoms with E-state index in [4.69, 9.17) is 9.47 Å². The monoisotopic (exact) mass is 547 g/mol. The summed E-state index contributed by atoms with van der Waals surface area (Å²) in [4.78, 5) is 24.5. The summed E-state index contributed by atoms with van der Waals surface area (Å²) < 4.78 is 37.6. The van der Waals surface area contributed by atoms with Crippen molar-refractivity contribution in [3.05, 3.63) is 53.6 Å². The van der Waals surface area contributed by atoms with Gasteiger partial charge in [-0.2, -0.15) is 0 Å². The second-order valence-electron chi connectivity index (χ2n) is 11.4. The lowest BCUT2D eigenvalue weighted by molar-refractivity contribution is -0.151. The Morgan fingerprint density at radius 1 is 1.24 bits per heavy atom. The van der Waals surface area contributed by atoms with Gasteiger partial charge in [0, 0.05) is 5.41 Å². The van der Waals surface area contributed by atoms with Crippen molar-refractivity contribution >= 4 is 22.1 Å². The normalized spacial score (nSPS) is 34.5. The molecule has 0 aromatic heterocycles. The summed E-state index contributed by atoms with van der Waals surface area (Å²) in [7, 11) is -4.10. The Morgan fingerprint density at radius 3 is 2.55 bits per heavy atom. The van der Waals surface area contributed by atoms with E-state index in [0.29, 0.717) is 25.7 Å². The van der Waals surface area contributed by atoms with Gasteiger partial charge in [0.05, 0.1) is 16.6 Å². The van der Waals surface area contributed by atoms with Crippen LogP contribution < -0.4 is 4.72 Å². The molecule has 1 aromatic rings. The number of benzene rings is 1. The highest BCUT2D eigenvalue weighted by Gasteiger charge is 2.58. The number of cyclic esters (lactones) is 1. The van der Waals surface area contributed by atoms with Gasteiger partial charge in [0.15, 0.2) is 0 Å². The predicted molar refractivity (Wildman–Crippen MR) is 139 cm³/mol. The number of carbonyl (C=O) groups is 2. The van der Waals surface area contributed by atoms with Crippen molar-refractivity contribution < 1.29 is 37.7 Å². The highest BCUT2D eigenvalue weighted by Crippen LogP contribution is 2.62. The molecule has 1 heterocycles. The third kappa shape index (κ3) is 5.26. The zero-order valence-electron chi connectivity index (χ0n) is 22.1. The molecular formula is C28H37NO8S. The summed E-state index contributed by atoms with van der Waals surface area (Å²) >= 11 is 0. The van der Waals surface area contributed by atoms with E-state index in [9.17, 15) is 28.2 Å². The molecule has 3 N–H and O–H groups in total. The van der Waals surface area contributed by atoms with Gasteiger partial charge < -0.3 is 19.7 Å². The fourth-order valence-corrected chi connectivity index (χ4v) is 7.57. The Balaban J connectivity index is 1.50. The molecule has 0 radical (unpaired) electrons. The Morgan fingerprint density at radius 2 is 1.92 bits per heavy atom. The Bertz CT molecular complexity index is 1240. The van der Waals surface area contributed by atoms with E-state index in [1.807, 2.05) is 18.6 Å². The molecule has 6 atom stereocenters. The molecule has 2 aliphatic carbocycles. The van der Waals surface area contributed by atoms with E-state index in [0.717, 1.165) is 17.6 Å². The molecule has 0 spiro atoms. The summed E-state index contributed by atoms with van der Waals surface area (Å²) in [5.41, 5.74) is 1.05. The number of rotatable bonds is 6. The molecular weight excluding hydrogens is 510 g/mol. The number of hydrogen-bond acceptors (Lipinski definition) is 8. The van der Waals surface area contributed by atoms with Gasteiger partial charge >= 0.3 is 12.1 Å². The van der Waals surface area contributed by atoms with E-state index >= 15 is 0 Å². The first kappa shape index (κ1) is 28.3. The van der Waals surface area contributed by atoms with Crippen LogP contribution >= 0.6 is 0 Å². The molecule has 1 aromatic carbocycles. The second-order valence-corrected chi connectivity index (χ2v) is 13.1. The number of fused-ring (bicyclic) bond motifs is 1. The molecule has 1 saturated heterocycles. The van der Waals surface area contributed by atoms with Gasteiger partial charge in [-0.1, -0.05) is 49.8 Å². The summed E-state index contributed by atoms with van der Waals surface area (Å²) in [6.45, 7) is 9.95. The van der Waals surface area contributed by atoms with Crippen molar-refractivity contribution in [1.29, 1.82) is 0 Å². The first-order valence-corrected chi connectivity index (χ1v) is 14.4. The van der Waals surface area contributed by atoms with Gasteiger partial charge in [-0.3, -0.25) is 0 Å². The SMILES string of the molecule is C=C1CC[C@@H]2[C@](C)(COC(=O)NS(=O)(=O)c3ccc(C)cc3)[C@H](O)CC[C@@]2(C)[C@@H]1C/C=C1/C(=O)OC[C@H]1O. The number of ether oxygens (including phenoxy) is 2. The number of amides is 1. The number of carbonyl (C=O) groups excluding carboxylic acids is 2. The molecule has 0 unspecified atom stereocenters. The number of allylic oxidation sites excluding steroid dienone is 2. The van der Waals surface area contributed by atoms with Gasteiger partial charge in [-0.15, -0.1) is 0 Å². The number of aliphatic hydroxyl groups excluding tert-OH is 2. The molecule has 9 nitrogen and oxygen atoms in total. The summed E-state index contributed by atoms with van der Waals surface area (Å²) in [5, 5.41) is 21.2. The average molecular weight is 548 g/mol. The van der Waals surface area contributed by atoms with E-state index < -0.39 is 39.7 Å². The van der Waals surface area contributed by atoms with Crippen molar-refractivity contribution in [3.8, 4) is 0 Å². The smallest absolute Gasteiger partial charge is 0.421 e. The van der Waals surface area contributed by atoms with E-state index in [-0.39, 0.29) is 40.9 Å². The minimum Gasteiger partial charge on any atom is -0.459 e. The van der Waals surface area contributed by atoms with Crippen LogP contribution in [-0.2, 0) is 24.3 Å². The molecule has 2 saturated carbocycles. The fourth-order valence-electron chi connectivity index (χ4n) is 6.68. The molecule has 3 fully saturated rings. The Kier molecular flexibility index (Phi) is 7.80. The zero-order chi connectivity index (χ0) is 27.9. The van der Waals surface area contributed by atoms with E-state index in [2.05, 4.69) is 13.5 Å². The molecule has 208 valence electrons. The Hall–Kier alpha value is -2.69. The van der Waals surface area contributed by atoms with Crippen molar-refractivity contribution in [2.45, 2.75) is 70.0 Å². The molecule has 38 heavy (non-hydrogen) atoms. The largest absolute Gasteiger partial charge is 0.459 e. The number of sulfonamides is 1. The maximum atomic E-state index is 12.6. The van der Waals surface area contributed by atoms with Crippen LogP contribution in [0.15, 0.2) is 53.0 Å². The fraction of sp³-hybridized carbons (Fsp3) is 0.571. The third-order valence-corrected chi connectivity index (χ3v) is 10.3. The topological polar surface area (TPSA) is 139 Å². The number of aliphatic hydroxyl groups is 2. The van der Waals surface area contributed by atoms with Gasteiger partial charge in [-0.25, -0.2) is 22.7 Å². The van der Waals surface area contributed by atoms with Crippen LogP contribution in [0, 0.1) is 29.6 Å². The average Bonchev–Trinajstić information content (AvgIpc) is 3.17. The van der Waals surface area contributed by atoms with Gasteiger partial charge in [0.2, 0.25) is 0 Å². The van der Waals surface area contributed by atoms with Crippen molar-refractivity contribution in [2.24, 2.45) is 22.7 Å². The first-order valence-electron chi connectivity index (χ1n) is 12.9. The number of nitrogens with one attached hydrogen (secondary N) is 1. The molecule has 1 amide bonds. The minimum atomic E-state index is -4.10. The maximum Gasteiger partial charge on any atom is 0.421 e. The number of hydrogen-bond donors (Lipinski definition) is 3. The highest BCUT2D eigenvalue weighted by atomic mass is 32.2. The highest BCUT2D eigenvalue weighted by molar-refractivity contribution is 7.90. The lowest BCUT2D eigenvalue weighted by Crippen LogP contribution is -2.58. The molecule has 10 heteroatoms. The zero-order valence-corrected chi connectivity index (χ0v) is 22.9. The van der Waals surface area contributed by atoms with Crippen LogP contribution in [0.4, 0.5) is 4.79 Å². The van der Waals surface area contributed by atoms with Crippen LogP contribution in [0.2, 0.25) is 0 Å². The van der Waals surface area contributed by atoms with Crippen molar-refractivity contribution in [2.75, 3.05) is 13.2 Å². The molecule has 1 aliphatic heterocycles. The lowest BCUT2D eigenvalue weighted by atomic mass is 9.46. The molecule has 0 bridgehead atoms. The standard InChI is InChI=1S/C28H37NO8S/c1-17-5-8-19(9-6-17)38(34,35)29-26(33)37-16-28(4)23-12-7-18(2)21(27(23,3)14-13-24(28)31)11-10-20-22(30)15-36-25(20)32/h5-6,8-10,21-24,30-31H,2,7,11-16H2,1,3-4H3,(H,29,33)/b20-10+/t21-,22-,23+,24-,27+,28+/m1/s1. The quantitative estimate of drug-likeness (QED) is 0.280. The van der Waals surface area contributed by atoms with Crippen molar-refractivity contribution in [3.63, 3.8) is 0 Å². The van der Waals surface area contributed by atoms with Crippen LogP contribution in [0.1, 0.15) is 51.5 Å². The van der Waals surface area contributed by atoms with Crippen LogP contribution in [0.5, 0.6) is 0 Å². The Labute approximate surface area is 224 Å². The van der Waals surface area contributed by atoms with Crippen LogP contribution in [0.3, 0.4) is 0 Å². The lowest BCUT2D eigenvalue weighted by Gasteiger charge is -2.60. The summed E-state index contributed by atoms with van der Waals surface area (Å²) in [5.74, 6) is -0.587. The second kappa shape index (κ2) is 10.5. The van der Waals surface area contributed by atoms with E-state index in [1.54, 1.807) is 18.2 Å². The van der Waals surface area contributed by atoms with Crippen molar-refractivity contribution in [1.82, 2.24) is 4.72 Å². The van der Waals surface area contributed by atoms with Gasteiger partial charge in [0.25, 0.3) is 10.0 Å². The van der Waals surface area contributed by atoms with Gasteiger partial charge in [-0.05, 0) is 68.4 Å². The number of esters is 1. The maximum absolute atomic E-state index is 12.6. The molecule has 4 rings (SSSR count). The van der Waals surface area contributed by atoms with Crippen LogP contribution in [0.25, 0.3) is 0 Å². The summed E-state index contributed by atoms with van der Waals surface area (Å²) in [6, 6.07) is 6.11. The predicted octanol–water partition coefficient (Wildman–Crippen LogP) is 3.39. The van der Waals surface area contributed by atoms with E-state index in [1.165, 1.54) is 12.1 Å². The molecule has 3 aliphatic rings. The van der Waals surface area contributed by atoms with Crippen LogP contribution in [-0.4, -0.2) is 56.1 Å². The first-order chi connectivity index (χ1) is 17.8. The number of aryl methyl sites for hydroxylation is 1. The third-order valence-electron chi connectivity index (χ3n) is 8.96. The van der Waals surface area contributed by atoms with Gasteiger partial charge in [0.1, 0.15) is 19.3 Å². The summed E-state index contributed by atoms with van der Waals surface area (Å²) in [6.07, 6.45) is 2.07.